The molecule has 2 aliphatic rings. The van der Waals surface area contributed by atoms with Gasteiger partial charge in [-0.05, 0) is 31.9 Å². The molecule has 1 N–H and O–H groups in total. The molecule has 1 aromatic rings. The van der Waals surface area contributed by atoms with Gasteiger partial charge in [0.1, 0.15) is 12.4 Å². The standard InChI is InChI=1S/C24H35N3O5/c1-6-22(28)27-12-15(2)21(31-5)13-26(4)24(30)19-10-9-18(25-23(29)17-7-8-17)11-20(19)32-14-16(27)3/h9-11,15-17,21H,6-8,12-14H2,1-5H3,(H,25,29)/t15-,16+,21+/m0/s1. The lowest BCUT2D eigenvalue weighted by Crippen LogP contribution is -2.48. The van der Waals surface area contributed by atoms with Gasteiger partial charge in [0, 0.05) is 57.3 Å². The van der Waals surface area contributed by atoms with Crippen molar-refractivity contribution in [3.8, 4) is 5.75 Å². The summed E-state index contributed by atoms with van der Waals surface area (Å²) in [6.45, 7) is 6.96. The van der Waals surface area contributed by atoms with Crippen LogP contribution in [0.5, 0.6) is 5.75 Å². The van der Waals surface area contributed by atoms with Crippen LogP contribution >= 0.6 is 0 Å². The normalized spacial score (nSPS) is 24.7. The van der Waals surface area contributed by atoms with Crippen LogP contribution in [0.1, 0.15) is 50.4 Å². The lowest BCUT2D eigenvalue weighted by atomic mass is 10.0. The fourth-order valence-electron chi connectivity index (χ4n) is 3.99. The lowest BCUT2D eigenvalue weighted by Gasteiger charge is -2.36. The van der Waals surface area contributed by atoms with E-state index < -0.39 is 0 Å². The molecule has 1 fully saturated rings. The molecule has 0 spiro atoms. The molecule has 8 nitrogen and oxygen atoms in total. The highest BCUT2D eigenvalue weighted by Gasteiger charge is 2.31. The van der Waals surface area contributed by atoms with Gasteiger partial charge in [-0.2, -0.15) is 0 Å². The van der Waals surface area contributed by atoms with Gasteiger partial charge in [-0.3, -0.25) is 14.4 Å². The molecule has 176 valence electrons. The molecule has 0 aromatic heterocycles. The number of ether oxygens (including phenoxy) is 2. The monoisotopic (exact) mass is 445 g/mol. The second kappa shape index (κ2) is 10.3. The van der Waals surface area contributed by atoms with Crippen LogP contribution in [0, 0.1) is 11.8 Å². The summed E-state index contributed by atoms with van der Waals surface area (Å²) < 4.78 is 11.8. The zero-order chi connectivity index (χ0) is 23.4. The number of methoxy groups -OCH3 is 1. The number of rotatable bonds is 4. The van der Waals surface area contributed by atoms with Crippen LogP contribution in [-0.4, -0.2) is 73.5 Å². The molecule has 1 heterocycles. The number of carbonyl (C=O) groups excluding carboxylic acids is 3. The van der Waals surface area contributed by atoms with E-state index in [2.05, 4.69) is 5.32 Å². The molecule has 8 heteroatoms. The van der Waals surface area contributed by atoms with Crippen molar-refractivity contribution in [2.45, 2.75) is 52.2 Å². The maximum absolute atomic E-state index is 13.2. The van der Waals surface area contributed by atoms with Crippen molar-refractivity contribution < 1.29 is 23.9 Å². The predicted octanol–water partition coefficient (Wildman–Crippen LogP) is 2.78. The van der Waals surface area contributed by atoms with Crippen LogP contribution in [0.15, 0.2) is 18.2 Å². The van der Waals surface area contributed by atoms with Crippen molar-refractivity contribution in [2.24, 2.45) is 11.8 Å². The molecule has 3 atom stereocenters. The number of nitrogens with zero attached hydrogens (tertiary/aromatic N) is 2. The second-order valence-electron chi connectivity index (χ2n) is 8.97. The molecule has 1 aliphatic carbocycles. The molecule has 0 radical (unpaired) electrons. The molecule has 32 heavy (non-hydrogen) atoms. The first-order chi connectivity index (χ1) is 15.2. The van der Waals surface area contributed by atoms with Crippen molar-refractivity contribution in [2.75, 3.05) is 39.2 Å². The van der Waals surface area contributed by atoms with E-state index in [1.165, 1.54) is 0 Å². The first kappa shape index (κ1) is 24.0. The van der Waals surface area contributed by atoms with E-state index in [-0.39, 0.29) is 48.3 Å². The van der Waals surface area contributed by atoms with Crippen LogP contribution in [0.4, 0.5) is 5.69 Å². The number of carbonyl (C=O) groups is 3. The fraction of sp³-hybridized carbons (Fsp3) is 0.625. The van der Waals surface area contributed by atoms with Gasteiger partial charge in [0.15, 0.2) is 0 Å². The number of benzene rings is 1. The van der Waals surface area contributed by atoms with E-state index in [4.69, 9.17) is 9.47 Å². The van der Waals surface area contributed by atoms with Crippen LogP contribution < -0.4 is 10.1 Å². The Morgan fingerprint density at radius 2 is 1.94 bits per heavy atom. The number of fused-ring (bicyclic) bond motifs is 1. The summed E-state index contributed by atoms with van der Waals surface area (Å²) in [6, 6.07) is 4.93. The van der Waals surface area contributed by atoms with E-state index in [0.717, 1.165) is 12.8 Å². The number of amides is 3. The van der Waals surface area contributed by atoms with Crippen molar-refractivity contribution >= 4 is 23.4 Å². The highest BCUT2D eigenvalue weighted by molar-refractivity contribution is 5.99. The molecule has 0 unspecified atom stereocenters. The third-order valence-corrected chi connectivity index (χ3v) is 6.29. The minimum absolute atomic E-state index is 0.00782. The molecule has 1 saturated carbocycles. The van der Waals surface area contributed by atoms with E-state index in [9.17, 15) is 14.4 Å². The van der Waals surface area contributed by atoms with Crippen LogP contribution in [0.25, 0.3) is 0 Å². The number of hydrogen-bond acceptors (Lipinski definition) is 5. The number of likely N-dealkylation sites (N-methyl/N-ethyl adjacent to an activating group) is 1. The van der Waals surface area contributed by atoms with E-state index in [1.807, 2.05) is 25.7 Å². The van der Waals surface area contributed by atoms with Crippen molar-refractivity contribution in [1.29, 1.82) is 0 Å². The zero-order valence-electron chi connectivity index (χ0n) is 19.7. The van der Waals surface area contributed by atoms with Crippen molar-refractivity contribution in [3.63, 3.8) is 0 Å². The third-order valence-electron chi connectivity index (χ3n) is 6.29. The van der Waals surface area contributed by atoms with Crippen LogP contribution in [0.3, 0.4) is 0 Å². The summed E-state index contributed by atoms with van der Waals surface area (Å²) in [5.74, 6) is 0.373. The lowest BCUT2D eigenvalue weighted by molar-refractivity contribution is -0.135. The van der Waals surface area contributed by atoms with Gasteiger partial charge in [0.25, 0.3) is 5.91 Å². The minimum atomic E-state index is -0.218. The average molecular weight is 446 g/mol. The highest BCUT2D eigenvalue weighted by atomic mass is 16.5. The predicted molar refractivity (Wildman–Crippen MR) is 122 cm³/mol. The van der Waals surface area contributed by atoms with E-state index >= 15 is 0 Å². The molecule has 0 bridgehead atoms. The minimum Gasteiger partial charge on any atom is -0.491 e. The molecule has 0 saturated heterocycles. The molecule has 1 aliphatic heterocycles. The van der Waals surface area contributed by atoms with Crippen LogP contribution in [-0.2, 0) is 14.3 Å². The van der Waals surface area contributed by atoms with Gasteiger partial charge in [0.2, 0.25) is 11.8 Å². The van der Waals surface area contributed by atoms with Crippen molar-refractivity contribution in [3.05, 3.63) is 23.8 Å². The average Bonchev–Trinajstić information content (AvgIpc) is 3.63. The van der Waals surface area contributed by atoms with Gasteiger partial charge >= 0.3 is 0 Å². The van der Waals surface area contributed by atoms with Gasteiger partial charge in [-0.1, -0.05) is 13.8 Å². The molecular formula is C24H35N3O5. The SMILES string of the molecule is CCC(=O)N1C[C@H](C)[C@H](OC)CN(C)C(=O)c2ccc(NC(=O)C3CC3)cc2OC[C@H]1C. The van der Waals surface area contributed by atoms with Gasteiger partial charge in [0.05, 0.1) is 17.7 Å². The first-order valence-corrected chi connectivity index (χ1v) is 11.4. The fourth-order valence-corrected chi connectivity index (χ4v) is 3.99. The summed E-state index contributed by atoms with van der Waals surface area (Å²) in [4.78, 5) is 41.5. The summed E-state index contributed by atoms with van der Waals surface area (Å²) in [5.41, 5.74) is 1.02. The van der Waals surface area contributed by atoms with E-state index in [0.29, 0.717) is 36.5 Å². The third kappa shape index (κ3) is 5.59. The zero-order valence-corrected chi connectivity index (χ0v) is 19.7. The largest absolute Gasteiger partial charge is 0.491 e. The topological polar surface area (TPSA) is 88.2 Å². The maximum Gasteiger partial charge on any atom is 0.257 e. The Bertz CT molecular complexity index is 854. The number of hydrogen-bond donors (Lipinski definition) is 1. The van der Waals surface area contributed by atoms with Crippen LogP contribution in [0.2, 0.25) is 0 Å². The Labute approximate surface area is 190 Å². The molecule has 1 aromatic carbocycles. The Morgan fingerprint density at radius 3 is 2.56 bits per heavy atom. The highest BCUT2D eigenvalue weighted by Crippen LogP contribution is 2.32. The van der Waals surface area contributed by atoms with Gasteiger partial charge < -0.3 is 24.6 Å². The Kier molecular flexibility index (Phi) is 7.77. The molecule has 3 amide bonds. The van der Waals surface area contributed by atoms with Gasteiger partial charge in [-0.15, -0.1) is 0 Å². The maximum atomic E-state index is 13.2. The Morgan fingerprint density at radius 1 is 1.22 bits per heavy atom. The Balaban J connectivity index is 1.93. The Hall–Kier alpha value is -2.61. The smallest absolute Gasteiger partial charge is 0.257 e. The number of anilines is 1. The quantitative estimate of drug-likeness (QED) is 0.770. The van der Waals surface area contributed by atoms with Crippen molar-refractivity contribution in [1.82, 2.24) is 9.80 Å². The summed E-state index contributed by atoms with van der Waals surface area (Å²) >= 11 is 0. The summed E-state index contributed by atoms with van der Waals surface area (Å²) in [5, 5.41) is 2.91. The second-order valence-corrected chi connectivity index (χ2v) is 8.97. The molecular weight excluding hydrogens is 410 g/mol. The number of nitrogens with one attached hydrogen (secondary N) is 1. The first-order valence-electron chi connectivity index (χ1n) is 11.4. The summed E-state index contributed by atoms with van der Waals surface area (Å²) in [6.07, 6.45) is 2.01. The summed E-state index contributed by atoms with van der Waals surface area (Å²) in [7, 11) is 3.36. The van der Waals surface area contributed by atoms with E-state index in [1.54, 1.807) is 37.3 Å². The van der Waals surface area contributed by atoms with Gasteiger partial charge in [-0.25, -0.2) is 0 Å². The molecule has 3 rings (SSSR count).